The van der Waals surface area contributed by atoms with Crippen LogP contribution in [-0.4, -0.2) is 30.4 Å². The largest absolute Gasteiger partial charge is 0.454 e. The molecule has 0 saturated heterocycles. The van der Waals surface area contributed by atoms with Crippen molar-refractivity contribution in [1.29, 1.82) is 0 Å². The quantitative estimate of drug-likeness (QED) is 0.331. The zero-order valence-electron chi connectivity index (χ0n) is 13.7. The Kier molecular flexibility index (Phi) is 8.76. The lowest BCUT2D eigenvalue weighted by Crippen LogP contribution is -2.37. The number of rotatable bonds is 7. The summed E-state index contributed by atoms with van der Waals surface area (Å²) in [4.78, 5) is 20.8. The molecular weight excluding hydrogens is 441 g/mol. The molecule has 4 N–H and O–H groups in total. The summed E-state index contributed by atoms with van der Waals surface area (Å²) < 4.78 is 5.30. The molecule has 2 aromatic heterocycles. The highest BCUT2D eigenvalue weighted by Crippen LogP contribution is 2.13. The van der Waals surface area contributed by atoms with Crippen LogP contribution >= 0.6 is 35.3 Å². The number of halogens is 1. The van der Waals surface area contributed by atoms with E-state index in [0.29, 0.717) is 18.3 Å². The Morgan fingerprint density at radius 3 is 2.79 bits per heavy atom. The summed E-state index contributed by atoms with van der Waals surface area (Å²) in [5.74, 6) is 0.859. The second-order valence-electron chi connectivity index (χ2n) is 4.81. The van der Waals surface area contributed by atoms with Gasteiger partial charge in [0.15, 0.2) is 11.7 Å². The molecule has 0 atom stereocenters. The van der Waals surface area contributed by atoms with Crippen molar-refractivity contribution in [2.24, 2.45) is 10.7 Å². The van der Waals surface area contributed by atoms with Crippen molar-refractivity contribution in [2.75, 3.05) is 13.6 Å². The van der Waals surface area contributed by atoms with Gasteiger partial charge in [-0.15, -0.1) is 35.3 Å². The Morgan fingerprint density at radius 2 is 2.21 bits per heavy atom. The molecule has 2 heterocycles. The molecule has 0 aliphatic rings. The molecule has 1 amide bonds. The molecular formula is C15H22IN5O2S. The molecule has 0 spiro atoms. The molecule has 2 rings (SSSR count). The van der Waals surface area contributed by atoms with E-state index in [1.807, 2.05) is 6.20 Å². The molecule has 0 aliphatic heterocycles. The first kappa shape index (κ1) is 20.4. The Morgan fingerprint density at radius 1 is 1.42 bits per heavy atom. The molecule has 24 heavy (non-hydrogen) atoms. The van der Waals surface area contributed by atoms with E-state index in [9.17, 15) is 4.79 Å². The number of hydrogen-bond donors (Lipinski definition) is 3. The molecule has 0 radical (unpaired) electrons. The van der Waals surface area contributed by atoms with Gasteiger partial charge in [-0.05, 0) is 18.6 Å². The van der Waals surface area contributed by atoms with Gasteiger partial charge in [-0.25, -0.2) is 4.98 Å². The lowest BCUT2D eigenvalue weighted by atomic mass is 10.4. The number of aryl methyl sites for hydroxylation is 1. The van der Waals surface area contributed by atoms with Gasteiger partial charge < -0.3 is 20.8 Å². The van der Waals surface area contributed by atoms with Crippen LogP contribution in [0.3, 0.4) is 0 Å². The molecule has 9 heteroatoms. The van der Waals surface area contributed by atoms with Crippen molar-refractivity contribution >= 4 is 47.2 Å². The number of aliphatic imine (C=N–C) groups is 1. The lowest BCUT2D eigenvalue weighted by Gasteiger charge is -2.10. The van der Waals surface area contributed by atoms with Crippen LogP contribution in [0.1, 0.15) is 33.1 Å². The molecule has 0 saturated carbocycles. The van der Waals surface area contributed by atoms with E-state index in [0.717, 1.165) is 24.4 Å². The Bertz CT molecular complexity index is 683. The number of carbonyl (C=O) groups is 1. The molecule has 0 aliphatic carbocycles. The second-order valence-corrected chi connectivity index (χ2v) is 6.01. The van der Waals surface area contributed by atoms with Gasteiger partial charge in [0.2, 0.25) is 0 Å². The summed E-state index contributed by atoms with van der Waals surface area (Å²) in [5, 5.41) is 7.45. The van der Waals surface area contributed by atoms with E-state index in [1.165, 1.54) is 4.88 Å². The van der Waals surface area contributed by atoms with E-state index in [2.05, 4.69) is 27.5 Å². The predicted molar refractivity (Wildman–Crippen MR) is 106 cm³/mol. The van der Waals surface area contributed by atoms with Crippen molar-refractivity contribution < 1.29 is 9.21 Å². The van der Waals surface area contributed by atoms with Gasteiger partial charge in [0.1, 0.15) is 5.76 Å². The molecule has 132 valence electrons. The molecule has 0 bridgehead atoms. The normalized spacial score (nSPS) is 11.0. The van der Waals surface area contributed by atoms with Crippen LogP contribution in [0.4, 0.5) is 0 Å². The predicted octanol–water partition coefficient (Wildman–Crippen LogP) is 1.92. The number of nitrogens with two attached hydrogens (primary N) is 1. The van der Waals surface area contributed by atoms with Gasteiger partial charge in [0, 0.05) is 31.1 Å². The van der Waals surface area contributed by atoms with E-state index >= 15 is 0 Å². The minimum atomic E-state index is -0.575. The average molecular weight is 463 g/mol. The fourth-order valence-electron chi connectivity index (χ4n) is 1.91. The maximum Gasteiger partial charge on any atom is 0.284 e. The fraction of sp³-hybridized carbons (Fsp3) is 0.400. The lowest BCUT2D eigenvalue weighted by molar-refractivity contribution is 0.0972. The minimum Gasteiger partial charge on any atom is -0.454 e. The van der Waals surface area contributed by atoms with Crippen LogP contribution in [0.15, 0.2) is 27.7 Å². The minimum absolute atomic E-state index is 0. The summed E-state index contributed by atoms with van der Waals surface area (Å²) in [5.41, 5.74) is 5.15. The van der Waals surface area contributed by atoms with Gasteiger partial charge in [-0.2, -0.15) is 0 Å². The highest BCUT2D eigenvalue weighted by molar-refractivity contribution is 14.0. The van der Waals surface area contributed by atoms with Crippen molar-refractivity contribution in [2.45, 2.75) is 26.3 Å². The molecule has 0 aromatic carbocycles. The number of carbonyl (C=O) groups excluding carboxylic acids is 1. The Balaban J connectivity index is 0.00000288. The van der Waals surface area contributed by atoms with Crippen molar-refractivity contribution in [3.8, 4) is 0 Å². The van der Waals surface area contributed by atoms with Gasteiger partial charge in [-0.1, -0.05) is 6.92 Å². The van der Waals surface area contributed by atoms with E-state index in [4.69, 9.17) is 10.2 Å². The third-order valence-corrected chi connectivity index (χ3v) is 4.34. The third kappa shape index (κ3) is 6.11. The number of hydrogen-bond acceptors (Lipinski definition) is 5. The van der Waals surface area contributed by atoms with E-state index in [-0.39, 0.29) is 29.7 Å². The van der Waals surface area contributed by atoms with Gasteiger partial charge in [0.05, 0.1) is 11.6 Å². The average Bonchev–Trinajstić information content (AvgIpc) is 3.19. The topological polar surface area (TPSA) is 106 Å². The Hall–Kier alpha value is -1.62. The summed E-state index contributed by atoms with van der Waals surface area (Å²) in [6.07, 6.45) is 3.79. The standard InChI is InChI=1S/C15H21N5O2S.HI/c1-3-11-9-19-13(23-11)6-7-18-15(17-2)20-8-10-4-5-12(22-10)14(16)21;/h4-5,9H,3,6-8H2,1-2H3,(H2,16,21)(H2,17,18,20);1H. The number of thiazole rings is 1. The number of furan rings is 1. The maximum absolute atomic E-state index is 11.0. The molecule has 2 aromatic rings. The second kappa shape index (κ2) is 10.3. The zero-order chi connectivity index (χ0) is 16.7. The number of primary amides is 1. The number of guanidine groups is 1. The van der Waals surface area contributed by atoms with Crippen LogP contribution < -0.4 is 16.4 Å². The van der Waals surface area contributed by atoms with Crippen LogP contribution in [0.5, 0.6) is 0 Å². The first-order chi connectivity index (χ1) is 11.1. The highest BCUT2D eigenvalue weighted by Gasteiger charge is 2.07. The molecule has 0 unspecified atom stereocenters. The summed E-state index contributed by atoms with van der Waals surface area (Å²) in [6, 6.07) is 3.27. The maximum atomic E-state index is 11.0. The number of aromatic nitrogens is 1. The number of amides is 1. The smallest absolute Gasteiger partial charge is 0.284 e. The van der Waals surface area contributed by atoms with Crippen LogP contribution in [0, 0.1) is 0 Å². The van der Waals surface area contributed by atoms with Crippen molar-refractivity contribution in [3.05, 3.63) is 39.7 Å². The van der Waals surface area contributed by atoms with E-state index in [1.54, 1.807) is 30.5 Å². The van der Waals surface area contributed by atoms with Crippen LogP contribution in [0.25, 0.3) is 0 Å². The summed E-state index contributed by atoms with van der Waals surface area (Å²) in [7, 11) is 1.70. The molecule has 0 fully saturated rings. The van der Waals surface area contributed by atoms with Crippen LogP contribution in [0.2, 0.25) is 0 Å². The highest BCUT2D eigenvalue weighted by atomic mass is 127. The van der Waals surface area contributed by atoms with Gasteiger partial charge >= 0.3 is 0 Å². The summed E-state index contributed by atoms with van der Waals surface area (Å²) >= 11 is 1.74. The van der Waals surface area contributed by atoms with Crippen LogP contribution in [-0.2, 0) is 19.4 Å². The Labute approximate surface area is 162 Å². The monoisotopic (exact) mass is 463 g/mol. The SMILES string of the molecule is CCc1cnc(CCNC(=NC)NCc2ccc(C(N)=O)o2)s1.I. The van der Waals surface area contributed by atoms with E-state index < -0.39 is 5.91 Å². The molecule has 7 nitrogen and oxygen atoms in total. The van der Waals surface area contributed by atoms with Crippen molar-refractivity contribution in [1.82, 2.24) is 15.6 Å². The number of nitrogens with one attached hydrogen (secondary N) is 2. The van der Waals surface area contributed by atoms with Crippen molar-refractivity contribution in [3.63, 3.8) is 0 Å². The first-order valence-corrected chi connectivity index (χ1v) is 8.20. The number of nitrogens with zero attached hydrogens (tertiary/aromatic N) is 2. The summed E-state index contributed by atoms with van der Waals surface area (Å²) in [6.45, 7) is 3.28. The fourth-order valence-corrected chi connectivity index (χ4v) is 2.77. The zero-order valence-corrected chi connectivity index (χ0v) is 16.8. The third-order valence-electron chi connectivity index (χ3n) is 3.14. The van der Waals surface area contributed by atoms with Gasteiger partial charge in [0.25, 0.3) is 5.91 Å². The first-order valence-electron chi connectivity index (χ1n) is 7.39. The van der Waals surface area contributed by atoms with Gasteiger partial charge in [-0.3, -0.25) is 9.79 Å².